The monoisotopic (exact) mass is 256 g/mol. The normalized spacial score (nSPS) is 12.7. The van der Waals surface area contributed by atoms with Crippen molar-refractivity contribution in [2.75, 3.05) is 7.11 Å². The molecule has 18 heavy (non-hydrogen) atoms. The second-order valence-corrected chi connectivity index (χ2v) is 5.33. The van der Waals surface area contributed by atoms with Gasteiger partial charge in [-0.25, -0.2) is 0 Å². The molecule has 0 aliphatic carbocycles. The van der Waals surface area contributed by atoms with Crippen molar-refractivity contribution in [1.82, 2.24) is 0 Å². The van der Waals surface area contributed by atoms with Crippen LogP contribution < -0.4 is 0 Å². The number of hydrogen-bond acceptors (Lipinski definition) is 2. The molecular formula is C16H32O2. The van der Waals surface area contributed by atoms with Gasteiger partial charge in [-0.2, -0.15) is 0 Å². The van der Waals surface area contributed by atoms with Crippen LogP contribution >= 0.6 is 0 Å². The zero-order valence-electron chi connectivity index (χ0n) is 12.8. The molecule has 0 saturated heterocycles. The van der Waals surface area contributed by atoms with E-state index in [0.717, 1.165) is 25.2 Å². The highest BCUT2D eigenvalue weighted by molar-refractivity contribution is 5.72. The van der Waals surface area contributed by atoms with Crippen molar-refractivity contribution in [3.05, 3.63) is 0 Å². The van der Waals surface area contributed by atoms with Crippen molar-refractivity contribution in [1.29, 1.82) is 0 Å². The molecule has 2 heteroatoms. The summed E-state index contributed by atoms with van der Waals surface area (Å²) in [6, 6.07) is 0. The molecule has 0 aromatic rings. The van der Waals surface area contributed by atoms with E-state index in [1.54, 1.807) is 0 Å². The maximum absolute atomic E-state index is 11.7. The maximum Gasteiger partial charge on any atom is 0.308 e. The lowest BCUT2D eigenvalue weighted by molar-refractivity contribution is -0.146. The molecule has 0 N–H and O–H groups in total. The molecule has 0 aromatic heterocycles. The standard InChI is InChI=1S/C16H32O2/c1-5-8-9-10-11-15(16(17)18-4)13-12-14(6-2)7-3/h14-15H,5-13H2,1-4H3. The first kappa shape index (κ1) is 17.5. The molecule has 0 aromatic carbocycles. The van der Waals surface area contributed by atoms with E-state index in [1.165, 1.54) is 45.6 Å². The van der Waals surface area contributed by atoms with E-state index in [9.17, 15) is 4.79 Å². The molecule has 0 spiro atoms. The van der Waals surface area contributed by atoms with Crippen molar-refractivity contribution < 1.29 is 9.53 Å². The van der Waals surface area contributed by atoms with Gasteiger partial charge >= 0.3 is 5.97 Å². The largest absolute Gasteiger partial charge is 0.469 e. The van der Waals surface area contributed by atoms with Crippen LogP contribution in [0.2, 0.25) is 0 Å². The Hall–Kier alpha value is -0.530. The van der Waals surface area contributed by atoms with E-state index in [1.807, 2.05) is 0 Å². The summed E-state index contributed by atoms with van der Waals surface area (Å²) in [5.74, 6) is 0.901. The molecule has 0 amide bonds. The van der Waals surface area contributed by atoms with Gasteiger partial charge < -0.3 is 4.74 Å². The number of methoxy groups -OCH3 is 1. The number of carbonyl (C=O) groups is 1. The first-order valence-electron chi connectivity index (χ1n) is 7.77. The SMILES string of the molecule is CCCCCCC(CCC(CC)CC)C(=O)OC. The molecule has 0 fully saturated rings. The van der Waals surface area contributed by atoms with Gasteiger partial charge in [0.15, 0.2) is 0 Å². The fraction of sp³-hybridized carbons (Fsp3) is 0.938. The van der Waals surface area contributed by atoms with Crippen molar-refractivity contribution in [2.24, 2.45) is 11.8 Å². The molecule has 0 heterocycles. The van der Waals surface area contributed by atoms with Crippen molar-refractivity contribution in [3.63, 3.8) is 0 Å². The van der Waals surface area contributed by atoms with Crippen LogP contribution in [0.3, 0.4) is 0 Å². The molecule has 1 atom stereocenters. The maximum atomic E-state index is 11.7. The van der Waals surface area contributed by atoms with Crippen LogP contribution in [0.25, 0.3) is 0 Å². The van der Waals surface area contributed by atoms with Gasteiger partial charge in [0.1, 0.15) is 0 Å². The summed E-state index contributed by atoms with van der Waals surface area (Å²) >= 11 is 0. The highest BCUT2D eigenvalue weighted by atomic mass is 16.5. The van der Waals surface area contributed by atoms with Crippen LogP contribution in [-0.4, -0.2) is 13.1 Å². The van der Waals surface area contributed by atoms with Crippen molar-refractivity contribution >= 4 is 5.97 Å². The van der Waals surface area contributed by atoms with Crippen molar-refractivity contribution in [3.8, 4) is 0 Å². The van der Waals surface area contributed by atoms with E-state index in [0.29, 0.717) is 0 Å². The van der Waals surface area contributed by atoms with Gasteiger partial charge in [0.25, 0.3) is 0 Å². The van der Waals surface area contributed by atoms with Gasteiger partial charge in [-0.15, -0.1) is 0 Å². The Balaban J connectivity index is 4.02. The van der Waals surface area contributed by atoms with Crippen LogP contribution in [0.15, 0.2) is 0 Å². The number of carbonyl (C=O) groups excluding carboxylic acids is 1. The van der Waals surface area contributed by atoms with Gasteiger partial charge in [-0.1, -0.05) is 59.3 Å². The first-order chi connectivity index (χ1) is 8.69. The Kier molecular flexibility index (Phi) is 11.2. The summed E-state index contributed by atoms with van der Waals surface area (Å²) in [4.78, 5) is 11.7. The van der Waals surface area contributed by atoms with E-state index >= 15 is 0 Å². The smallest absolute Gasteiger partial charge is 0.308 e. The Morgan fingerprint density at radius 2 is 1.61 bits per heavy atom. The average Bonchev–Trinajstić information content (AvgIpc) is 2.41. The zero-order chi connectivity index (χ0) is 13.8. The highest BCUT2D eigenvalue weighted by Crippen LogP contribution is 2.23. The molecule has 0 rings (SSSR count). The third-order valence-corrected chi connectivity index (χ3v) is 4.02. The van der Waals surface area contributed by atoms with Gasteiger partial charge in [0, 0.05) is 0 Å². The summed E-state index contributed by atoms with van der Waals surface area (Å²) in [6.07, 6.45) is 10.6. The van der Waals surface area contributed by atoms with E-state index in [-0.39, 0.29) is 11.9 Å². The third kappa shape index (κ3) is 7.73. The Labute approximate surface area is 113 Å². The fourth-order valence-corrected chi connectivity index (χ4v) is 2.50. The van der Waals surface area contributed by atoms with Crippen LogP contribution in [0.4, 0.5) is 0 Å². The second kappa shape index (κ2) is 11.6. The van der Waals surface area contributed by atoms with Crippen LogP contribution in [0.1, 0.15) is 78.6 Å². The van der Waals surface area contributed by atoms with E-state index in [2.05, 4.69) is 20.8 Å². The zero-order valence-corrected chi connectivity index (χ0v) is 12.8. The number of ether oxygens (including phenoxy) is 1. The molecule has 0 bridgehead atoms. The van der Waals surface area contributed by atoms with Gasteiger partial charge in [0.2, 0.25) is 0 Å². The minimum absolute atomic E-state index is 0.00236. The highest BCUT2D eigenvalue weighted by Gasteiger charge is 2.19. The molecule has 1 unspecified atom stereocenters. The predicted molar refractivity (Wildman–Crippen MR) is 77.6 cm³/mol. The average molecular weight is 256 g/mol. The number of hydrogen-bond donors (Lipinski definition) is 0. The minimum atomic E-state index is -0.00236. The number of esters is 1. The second-order valence-electron chi connectivity index (χ2n) is 5.33. The Morgan fingerprint density at radius 1 is 0.944 bits per heavy atom. The van der Waals surface area contributed by atoms with E-state index < -0.39 is 0 Å². The quantitative estimate of drug-likeness (QED) is 0.385. The lowest BCUT2D eigenvalue weighted by Gasteiger charge is -2.18. The fourth-order valence-electron chi connectivity index (χ4n) is 2.50. The van der Waals surface area contributed by atoms with Gasteiger partial charge in [-0.3, -0.25) is 4.79 Å². The third-order valence-electron chi connectivity index (χ3n) is 4.02. The summed E-state index contributed by atoms with van der Waals surface area (Å²) in [5.41, 5.74) is 0. The number of rotatable bonds is 11. The Bertz CT molecular complexity index is 197. The van der Waals surface area contributed by atoms with Crippen LogP contribution in [-0.2, 0) is 9.53 Å². The summed E-state index contributed by atoms with van der Waals surface area (Å²) in [7, 11) is 1.51. The van der Waals surface area contributed by atoms with Crippen molar-refractivity contribution in [2.45, 2.75) is 78.6 Å². The van der Waals surface area contributed by atoms with Gasteiger partial charge in [-0.05, 0) is 25.2 Å². The van der Waals surface area contributed by atoms with Crippen LogP contribution in [0, 0.1) is 11.8 Å². The molecule has 0 aliphatic rings. The minimum Gasteiger partial charge on any atom is -0.469 e. The summed E-state index contributed by atoms with van der Waals surface area (Å²) in [6.45, 7) is 6.69. The topological polar surface area (TPSA) is 26.3 Å². The van der Waals surface area contributed by atoms with E-state index in [4.69, 9.17) is 4.74 Å². The molecular weight excluding hydrogens is 224 g/mol. The Morgan fingerprint density at radius 3 is 2.11 bits per heavy atom. The molecule has 108 valence electrons. The summed E-state index contributed by atoms with van der Waals surface area (Å²) in [5, 5.41) is 0. The lowest BCUT2D eigenvalue weighted by Crippen LogP contribution is -2.17. The molecule has 0 radical (unpaired) electrons. The first-order valence-corrected chi connectivity index (χ1v) is 7.77. The molecule has 0 aliphatic heterocycles. The van der Waals surface area contributed by atoms with Crippen LogP contribution in [0.5, 0.6) is 0 Å². The number of unbranched alkanes of at least 4 members (excludes halogenated alkanes) is 3. The lowest BCUT2D eigenvalue weighted by atomic mass is 9.89. The summed E-state index contributed by atoms with van der Waals surface area (Å²) < 4.78 is 4.93. The molecule has 2 nitrogen and oxygen atoms in total. The molecule has 0 saturated carbocycles. The predicted octanol–water partition coefficient (Wildman–Crippen LogP) is 4.96. The van der Waals surface area contributed by atoms with Gasteiger partial charge in [0.05, 0.1) is 13.0 Å².